The van der Waals surface area contributed by atoms with Crippen molar-refractivity contribution in [2.45, 2.75) is 38.6 Å². The number of benzene rings is 1. The third-order valence-corrected chi connectivity index (χ3v) is 7.01. The smallest absolute Gasteiger partial charge is 0.145 e. The highest BCUT2D eigenvalue weighted by Gasteiger charge is 2.32. The molecular formula is C24H25ClN6O2S. The summed E-state index contributed by atoms with van der Waals surface area (Å²) in [5.74, 6) is 0.0953. The van der Waals surface area contributed by atoms with Gasteiger partial charge in [0.2, 0.25) is 0 Å². The molecule has 0 amide bonds. The van der Waals surface area contributed by atoms with Gasteiger partial charge in [-0.25, -0.2) is 9.97 Å². The zero-order chi connectivity index (χ0) is 23.7. The molecule has 176 valence electrons. The molecule has 3 heterocycles. The molecule has 4 aromatic rings. The zero-order valence-corrected chi connectivity index (χ0v) is 20.6. The maximum Gasteiger partial charge on any atom is 0.145 e. The Morgan fingerprint density at radius 2 is 2.06 bits per heavy atom. The number of fused-ring (bicyclic) bond motifs is 1. The molecule has 1 aliphatic rings. The highest BCUT2D eigenvalue weighted by atomic mass is 35.5. The number of aromatic nitrogens is 5. The summed E-state index contributed by atoms with van der Waals surface area (Å²) in [6, 6.07) is 5.99. The summed E-state index contributed by atoms with van der Waals surface area (Å²) in [6.45, 7) is 3.37. The number of thiazole rings is 1. The summed E-state index contributed by atoms with van der Waals surface area (Å²) in [6.07, 6.45) is 7.87. The first-order valence-electron chi connectivity index (χ1n) is 11.2. The van der Waals surface area contributed by atoms with Gasteiger partial charge in [-0.05, 0) is 37.5 Å². The first-order chi connectivity index (χ1) is 16.5. The number of hydrogen-bond acceptors (Lipinski definition) is 8. The van der Waals surface area contributed by atoms with Crippen molar-refractivity contribution in [2.24, 2.45) is 0 Å². The minimum atomic E-state index is 0.0953. The van der Waals surface area contributed by atoms with Crippen molar-refractivity contribution in [3.63, 3.8) is 0 Å². The van der Waals surface area contributed by atoms with E-state index < -0.39 is 0 Å². The second kappa shape index (κ2) is 9.77. The molecule has 1 saturated carbocycles. The van der Waals surface area contributed by atoms with Gasteiger partial charge in [-0.15, -0.1) is 0 Å². The number of methoxy groups -OCH3 is 1. The predicted octanol–water partition coefficient (Wildman–Crippen LogP) is 4.20. The van der Waals surface area contributed by atoms with Crippen molar-refractivity contribution >= 4 is 44.8 Å². The van der Waals surface area contributed by atoms with Crippen LogP contribution in [-0.4, -0.2) is 57.0 Å². The number of nitrogens with zero attached hydrogens (tertiary/aromatic N) is 6. The third-order valence-electron chi connectivity index (χ3n) is 5.83. The standard InChI is InChI=1S/C24H25ClN6O2S/c1-15-29-22-23(30(9-10-33-2)18-4-5-18)17(14-26-24(22)34-15)13-19(32)11-16-3-6-21(20(25)12-16)31-27-7-8-28-31/h3,6-8,12,14,18H,4-5,9-11,13H2,1-2H3. The second-order valence-electron chi connectivity index (χ2n) is 8.43. The number of carbonyl (C=O) groups is 1. The summed E-state index contributed by atoms with van der Waals surface area (Å²) < 4.78 is 5.37. The van der Waals surface area contributed by atoms with Crippen LogP contribution in [0.25, 0.3) is 16.0 Å². The highest BCUT2D eigenvalue weighted by Crippen LogP contribution is 2.39. The Balaban J connectivity index is 1.41. The molecule has 3 aromatic heterocycles. The molecule has 0 aliphatic heterocycles. The fraction of sp³-hybridized carbons (Fsp3) is 0.375. The molecule has 10 heteroatoms. The van der Waals surface area contributed by atoms with E-state index in [0.717, 1.165) is 51.6 Å². The van der Waals surface area contributed by atoms with Crippen LogP contribution in [0.5, 0.6) is 0 Å². The molecule has 5 rings (SSSR count). The van der Waals surface area contributed by atoms with Gasteiger partial charge in [-0.1, -0.05) is 29.0 Å². The van der Waals surface area contributed by atoms with Crippen molar-refractivity contribution < 1.29 is 9.53 Å². The van der Waals surface area contributed by atoms with E-state index in [1.54, 1.807) is 36.9 Å². The van der Waals surface area contributed by atoms with E-state index in [9.17, 15) is 4.79 Å². The lowest BCUT2D eigenvalue weighted by Gasteiger charge is -2.27. The fourth-order valence-electron chi connectivity index (χ4n) is 4.18. The van der Waals surface area contributed by atoms with E-state index in [1.807, 2.05) is 25.3 Å². The van der Waals surface area contributed by atoms with Crippen LogP contribution in [0.1, 0.15) is 29.0 Å². The Bertz CT molecular complexity index is 1320. The number of halogens is 1. The highest BCUT2D eigenvalue weighted by molar-refractivity contribution is 7.18. The third kappa shape index (κ3) is 4.82. The number of ketones is 1. The van der Waals surface area contributed by atoms with E-state index in [2.05, 4.69) is 20.1 Å². The Labute approximate surface area is 206 Å². The number of carbonyl (C=O) groups excluding carboxylic acids is 1. The molecule has 0 N–H and O–H groups in total. The van der Waals surface area contributed by atoms with Gasteiger partial charge in [0.1, 0.15) is 21.8 Å². The lowest BCUT2D eigenvalue weighted by molar-refractivity contribution is -0.117. The van der Waals surface area contributed by atoms with Gasteiger partial charge in [0.25, 0.3) is 0 Å². The molecule has 1 fully saturated rings. The Kier molecular flexibility index (Phi) is 6.58. The predicted molar refractivity (Wildman–Crippen MR) is 133 cm³/mol. The van der Waals surface area contributed by atoms with E-state index in [4.69, 9.17) is 21.3 Å². The molecule has 0 spiro atoms. The minimum absolute atomic E-state index is 0.0953. The Morgan fingerprint density at radius 3 is 2.76 bits per heavy atom. The average Bonchev–Trinajstić information content (AvgIpc) is 3.35. The molecule has 0 atom stereocenters. The van der Waals surface area contributed by atoms with Gasteiger partial charge >= 0.3 is 0 Å². The van der Waals surface area contributed by atoms with E-state index in [-0.39, 0.29) is 18.6 Å². The molecule has 1 aromatic carbocycles. The van der Waals surface area contributed by atoms with Crippen LogP contribution in [0.2, 0.25) is 5.02 Å². The number of anilines is 1. The van der Waals surface area contributed by atoms with Crippen LogP contribution >= 0.6 is 22.9 Å². The molecule has 0 unspecified atom stereocenters. The summed E-state index contributed by atoms with van der Waals surface area (Å²) in [5, 5.41) is 9.70. The van der Waals surface area contributed by atoms with Crippen molar-refractivity contribution in [1.29, 1.82) is 0 Å². The van der Waals surface area contributed by atoms with Gasteiger partial charge in [-0.3, -0.25) is 4.79 Å². The molecule has 1 aliphatic carbocycles. The second-order valence-corrected chi connectivity index (χ2v) is 10.0. The van der Waals surface area contributed by atoms with Crippen LogP contribution in [-0.2, 0) is 22.4 Å². The van der Waals surface area contributed by atoms with E-state index in [1.165, 1.54) is 4.80 Å². The quantitative estimate of drug-likeness (QED) is 0.325. The van der Waals surface area contributed by atoms with Crippen LogP contribution < -0.4 is 4.90 Å². The van der Waals surface area contributed by atoms with Crippen LogP contribution in [0.3, 0.4) is 0 Å². The first kappa shape index (κ1) is 22.9. The van der Waals surface area contributed by atoms with Gasteiger partial charge in [0, 0.05) is 44.3 Å². The van der Waals surface area contributed by atoms with E-state index >= 15 is 0 Å². The maximum absolute atomic E-state index is 13.2. The number of Topliss-reactive ketones (excluding diaryl/α,β-unsaturated/α-hetero) is 1. The van der Waals surface area contributed by atoms with Crippen molar-refractivity contribution in [1.82, 2.24) is 25.0 Å². The number of pyridine rings is 1. The number of hydrogen-bond donors (Lipinski definition) is 0. The van der Waals surface area contributed by atoms with Crippen molar-refractivity contribution in [2.75, 3.05) is 25.2 Å². The van der Waals surface area contributed by atoms with Crippen molar-refractivity contribution in [3.8, 4) is 5.69 Å². The number of rotatable bonds is 10. The molecule has 34 heavy (non-hydrogen) atoms. The molecule has 0 bridgehead atoms. The summed E-state index contributed by atoms with van der Waals surface area (Å²) >= 11 is 8.02. The Morgan fingerprint density at radius 1 is 1.26 bits per heavy atom. The Hall–Kier alpha value is -2.88. The molecule has 0 radical (unpaired) electrons. The summed E-state index contributed by atoms with van der Waals surface area (Å²) in [5.41, 5.74) is 4.35. The zero-order valence-electron chi connectivity index (χ0n) is 19.1. The minimum Gasteiger partial charge on any atom is -0.383 e. The average molecular weight is 497 g/mol. The molecular weight excluding hydrogens is 472 g/mol. The molecule has 8 nitrogen and oxygen atoms in total. The van der Waals surface area contributed by atoms with Gasteiger partial charge in [0.15, 0.2) is 0 Å². The summed E-state index contributed by atoms with van der Waals surface area (Å²) in [7, 11) is 1.71. The summed E-state index contributed by atoms with van der Waals surface area (Å²) in [4.78, 5) is 27.3. The molecule has 0 saturated heterocycles. The first-order valence-corrected chi connectivity index (χ1v) is 12.4. The van der Waals surface area contributed by atoms with Gasteiger partial charge in [-0.2, -0.15) is 15.0 Å². The normalized spacial score (nSPS) is 13.5. The fourth-order valence-corrected chi connectivity index (χ4v) is 5.22. The lowest BCUT2D eigenvalue weighted by atomic mass is 10.0. The van der Waals surface area contributed by atoms with Crippen LogP contribution in [0.15, 0.2) is 36.8 Å². The lowest BCUT2D eigenvalue weighted by Crippen LogP contribution is -2.31. The number of ether oxygens (including phenoxy) is 1. The van der Waals surface area contributed by atoms with Crippen molar-refractivity contribution in [3.05, 3.63) is 57.9 Å². The van der Waals surface area contributed by atoms with Crippen LogP contribution in [0.4, 0.5) is 5.69 Å². The topological polar surface area (TPSA) is 86.0 Å². The monoisotopic (exact) mass is 496 g/mol. The van der Waals surface area contributed by atoms with Gasteiger partial charge < -0.3 is 9.64 Å². The number of aryl methyl sites for hydroxylation is 1. The van der Waals surface area contributed by atoms with Gasteiger partial charge in [0.05, 0.1) is 34.7 Å². The van der Waals surface area contributed by atoms with Crippen LogP contribution in [0, 0.1) is 6.92 Å². The maximum atomic E-state index is 13.2. The SMILES string of the molecule is COCCN(c1c(CC(=O)Cc2ccc(-n3nccn3)c(Cl)c2)cnc2sc(C)nc12)C1CC1. The largest absolute Gasteiger partial charge is 0.383 e. The van der Waals surface area contributed by atoms with E-state index in [0.29, 0.717) is 23.4 Å².